The first-order chi connectivity index (χ1) is 6.95. The fraction of sp³-hybridized carbons (Fsp3) is 0.0833. The molecule has 0 aliphatic heterocycles. The third-order valence-corrected chi connectivity index (χ3v) is 1.96. The number of hydrogen-bond donors (Lipinski definition) is 1. The average molecular weight is 183 g/mol. The van der Waals surface area contributed by atoms with Gasteiger partial charge in [-0.25, -0.2) is 0 Å². The van der Waals surface area contributed by atoms with Crippen molar-refractivity contribution in [2.75, 3.05) is 5.32 Å². The van der Waals surface area contributed by atoms with Crippen LogP contribution in [0.4, 0.5) is 5.69 Å². The fourth-order valence-electron chi connectivity index (χ4n) is 1.21. The van der Waals surface area contributed by atoms with Gasteiger partial charge < -0.3 is 5.32 Å². The molecule has 0 amide bonds. The Hall–Kier alpha value is -1.83. The lowest BCUT2D eigenvalue weighted by atomic mass is 10.2. The van der Waals surface area contributed by atoms with Crippen molar-refractivity contribution in [3.05, 3.63) is 60.4 Å². The van der Waals surface area contributed by atoms with E-state index in [1.165, 1.54) is 5.56 Å². The van der Waals surface area contributed by atoms with Crippen LogP contribution < -0.4 is 5.32 Å². The summed E-state index contributed by atoms with van der Waals surface area (Å²) >= 11 is 0. The molecule has 2 nitrogen and oxygen atoms in total. The molecule has 2 rings (SSSR count). The van der Waals surface area contributed by atoms with Crippen LogP contribution in [0.15, 0.2) is 48.8 Å². The molecule has 0 atom stereocenters. The molecule has 0 fully saturated rings. The predicted octanol–water partition coefficient (Wildman–Crippen LogP) is 2.49. The Morgan fingerprint density at radius 3 is 2.50 bits per heavy atom. The van der Waals surface area contributed by atoms with E-state index in [4.69, 9.17) is 0 Å². The van der Waals surface area contributed by atoms with Gasteiger partial charge in [0.2, 0.25) is 0 Å². The van der Waals surface area contributed by atoms with Crippen molar-refractivity contribution in [2.45, 2.75) is 6.54 Å². The zero-order chi connectivity index (χ0) is 9.64. The minimum atomic E-state index is 0.832. The van der Waals surface area contributed by atoms with Gasteiger partial charge in [-0.2, -0.15) is 0 Å². The molecule has 1 radical (unpaired) electrons. The maximum Gasteiger partial charge on any atom is 0.0400 e. The zero-order valence-electron chi connectivity index (χ0n) is 7.77. The summed E-state index contributed by atoms with van der Waals surface area (Å²) < 4.78 is 0. The fourth-order valence-corrected chi connectivity index (χ4v) is 1.21. The van der Waals surface area contributed by atoms with Crippen LogP contribution in [0.3, 0.4) is 0 Å². The van der Waals surface area contributed by atoms with Gasteiger partial charge in [0, 0.05) is 24.6 Å². The molecule has 1 aromatic carbocycles. The number of nitrogens with zero attached hydrogens (tertiary/aromatic N) is 1. The zero-order valence-corrected chi connectivity index (χ0v) is 7.77. The van der Waals surface area contributed by atoms with E-state index in [-0.39, 0.29) is 0 Å². The molecule has 0 unspecified atom stereocenters. The van der Waals surface area contributed by atoms with Gasteiger partial charge in [-0.05, 0) is 23.8 Å². The number of benzene rings is 1. The van der Waals surface area contributed by atoms with E-state index < -0.39 is 0 Å². The van der Waals surface area contributed by atoms with E-state index in [9.17, 15) is 0 Å². The van der Waals surface area contributed by atoms with Crippen LogP contribution in [0.1, 0.15) is 5.56 Å². The van der Waals surface area contributed by atoms with Crippen LogP contribution in [0.5, 0.6) is 0 Å². The quantitative estimate of drug-likeness (QED) is 0.790. The topological polar surface area (TPSA) is 24.9 Å². The SMILES string of the molecule is [c]1ccc(CNc2ccncc2)cc1. The molecule has 0 saturated carbocycles. The molecule has 1 aromatic heterocycles. The van der Waals surface area contributed by atoms with Crippen molar-refractivity contribution in [3.8, 4) is 0 Å². The Bertz CT molecular complexity index is 331. The second-order valence-electron chi connectivity index (χ2n) is 3.00. The molecule has 2 aromatic rings. The smallest absolute Gasteiger partial charge is 0.0400 e. The molecule has 0 aliphatic carbocycles. The molecular weight excluding hydrogens is 172 g/mol. The molecule has 0 bridgehead atoms. The Kier molecular flexibility index (Phi) is 2.76. The molecule has 14 heavy (non-hydrogen) atoms. The van der Waals surface area contributed by atoms with Gasteiger partial charge in [0.1, 0.15) is 0 Å². The van der Waals surface area contributed by atoms with Crippen molar-refractivity contribution in [1.29, 1.82) is 0 Å². The molecule has 0 spiro atoms. The third-order valence-electron chi connectivity index (χ3n) is 1.96. The van der Waals surface area contributed by atoms with Crippen LogP contribution in [0.2, 0.25) is 0 Å². The van der Waals surface area contributed by atoms with Crippen LogP contribution in [0.25, 0.3) is 0 Å². The minimum Gasteiger partial charge on any atom is -0.381 e. The minimum absolute atomic E-state index is 0.832. The van der Waals surface area contributed by atoms with Gasteiger partial charge in [0.05, 0.1) is 0 Å². The lowest BCUT2D eigenvalue weighted by Crippen LogP contribution is -1.98. The summed E-state index contributed by atoms with van der Waals surface area (Å²) in [6, 6.07) is 14.8. The van der Waals surface area contributed by atoms with E-state index in [0.29, 0.717) is 0 Å². The van der Waals surface area contributed by atoms with Crippen molar-refractivity contribution in [2.24, 2.45) is 0 Å². The van der Waals surface area contributed by atoms with Gasteiger partial charge in [-0.1, -0.05) is 24.3 Å². The van der Waals surface area contributed by atoms with Crippen molar-refractivity contribution in [3.63, 3.8) is 0 Å². The second kappa shape index (κ2) is 4.42. The predicted molar refractivity (Wildman–Crippen MR) is 56.8 cm³/mol. The first kappa shape index (κ1) is 8.75. The maximum atomic E-state index is 3.96. The van der Waals surface area contributed by atoms with Gasteiger partial charge >= 0.3 is 0 Å². The Balaban J connectivity index is 1.96. The monoisotopic (exact) mass is 183 g/mol. The van der Waals surface area contributed by atoms with Gasteiger partial charge in [0.25, 0.3) is 0 Å². The van der Waals surface area contributed by atoms with Gasteiger partial charge in [-0.15, -0.1) is 0 Å². The Morgan fingerprint density at radius 2 is 1.79 bits per heavy atom. The number of rotatable bonds is 3. The van der Waals surface area contributed by atoms with E-state index in [1.54, 1.807) is 12.4 Å². The van der Waals surface area contributed by atoms with Crippen molar-refractivity contribution < 1.29 is 0 Å². The van der Waals surface area contributed by atoms with E-state index >= 15 is 0 Å². The van der Waals surface area contributed by atoms with Crippen LogP contribution in [0, 0.1) is 6.07 Å². The Morgan fingerprint density at radius 1 is 1.07 bits per heavy atom. The highest BCUT2D eigenvalue weighted by molar-refractivity contribution is 5.41. The summed E-state index contributed by atoms with van der Waals surface area (Å²) in [5.41, 5.74) is 2.34. The highest BCUT2D eigenvalue weighted by atomic mass is 14.9. The number of nitrogens with one attached hydrogen (secondary N) is 1. The molecule has 2 heteroatoms. The molecular formula is C12H11N2. The number of anilines is 1. The maximum absolute atomic E-state index is 3.96. The van der Waals surface area contributed by atoms with Gasteiger partial charge in [-0.3, -0.25) is 4.98 Å². The summed E-state index contributed by atoms with van der Waals surface area (Å²) in [5.74, 6) is 0. The summed E-state index contributed by atoms with van der Waals surface area (Å²) in [4.78, 5) is 3.96. The molecule has 1 N–H and O–H groups in total. The third kappa shape index (κ3) is 2.33. The summed E-state index contributed by atoms with van der Waals surface area (Å²) in [5, 5.41) is 3.31. The lowest BCUT2D eigenvalue weighted by Gasteiger charge is -2.04. The largest absolute Gasteiger partial charge is 0.381 e. The summed E-state index contributed by atoms with van der Waals surface area (Å²) in [6.45, 7) is 0.832. The Labute approximate surface area is 83.6 Å². The first-order valence-electron chi connectivity index (χ1n) is 4.54. The molecule has 0 saturated heterocycles. The van der Waals surface area contributed by atoms with Crippen molar-refractivity contribution >= 4 is 5.69 Å². The molecule has 1 heterocycles. The van der Waals surface area contributed by atoms with E-state index in [0.717, 1.165) is 12.2 Å². The highest BCUT2D eigenvalue weighted by Gasteiger charge is 1.91. The average Bonchev–Trinajstić information content (AvgIpc) is 2.29. The van der Waals surface area contributed by atoms with Crippen LogP contribution >= 0.6 is 0 Å². The number of aromatic nitrogens is 1. The number of hydrogen-bond acceptors (Lipinski definition) is 2. The van der Waals surface area contributed by atoms with Gasteiger partial charge in [0.15, 0.2) is 0 Å². The second-order valence-corrected chi connectivity index (χ2v) is 3.00. The lowest BCUT2D eigenvalue weighted by molar-refractivity contribution is 1.14. The van der Waals surface area contributed by atoms with E-state index in [2.05, 4.69) is 16.4 Å². The van der Waals surface area contributed by atoms with Crippen LogP contribution in [-0.4, -0.2) is 4.98 Å². The van der Waals surface area contributed by atoms with Crippen LogP contribution in [-0.2, 0) is 6.54 Å². The summed E-state index contributed by atoms with van der Waals surface area (Å²) in [6.07, 6.45) is 3.56. The van der Waals surface area contributed by atoms with E-state index in [1.807, 2.05) is 36.4 Å². The standard InChI is InChI=1S/C12H11N2/c1-2-4-11(5-3-1)10-14-12-6-8-13-9-7-12/h2-9H,10H2,(H,13,14). The highest BCUT2D eigenvalue weighted by Crippen LogP contribution is 2.06. The molecule has 69 valence electrons. The first-order valence-corrected chi connectivity index (χ1v) is 4.54. The molecule has 0 aliphatic rings. The van der Waals surface area contributed by atoms with Crippen molar-refractivity contribution in [1.82, 2.24) is 4.98 Å². The summed E-state index contributed by atoms with van der Waals surface area (Å²) in [7, 11) is 0. The normalized spacial score (nSPS) is 9.71. The number of pyridine rings is 1.